The van der Waals surface area contributed by atoms with Gasteiger partial charge in [-0.3, -0.25) is 0 Å². The smallest absolute Gasteiger partial charge is 0.0398 e. The average molecular weight is 244 g/mol. The number of piperidine rings is 1. The molecule has 0 amide bonds. The molecule has 1 aromatic rings. The number of nitrogens with two attached hydrogens (primary N) is 1. The highest BCUT2D eigenvalue weighted by Crippen LogP contribution is 2.41. The Balaban J connectivity index is 1.81. The zero-order chi connectivity index (χ0) is 12.7. The second-order valence-corrected chi connectivity index (χ2v) is 6.29. The first-order valence-electron chi connectivity index (χ1n) is 7.25. The summed E-state index contributed by atoms with van der Waals surface area (Å²) in [7, 11) is 0. The minimum absolute atomic E-state index is 0.248. The van der Waals surface area contributed by atoms with Gasteiger partial charge in [0.15, 0.2) is 0 Å². The molecule has 3 unspecified atom stereocenters. The molecule has 1 aliphatic heterocycles. The predicted molar refractivity (Wildman–Crippen MR) is 77.0 cm³/mol. The number of hydrogen-bond acceptors (Lipinski definition) is 2. The number of fused-ring (bicyclic) bond motifs is 2. The first-order valence-corrected chi connectivity index (χ1v) is 7.25. The van der Waals surface area contributed by atoms with E-state index in [0.717, 1.165) is 18.4 Å². The van der Waals surface area contributed by atoms with E-state index in [1.807, 2.05) is 0 Å². The van der Waals surface area contributed by atoms with E-state index in [-0.39, 0.29) is 6.04 Å². The van der Waals surface area contributed by atoms with Crippen molar-refractivity contribution < 1.29 is 0 Å². The van der Waals surface area contributed by atoms with Crippen molar-refractivity contribution in [2.45, 2.75) is 51.6 Å². The van der Waals surface area contributed by atoms with Crippen molar-refractivity contribution in [3.05, 3.63) is 29.3 Å². The van der Waals surface area contributed by atoms with Crippen LogP contribution < -0.4 is 10.6 Å². The summed E-state index contributed by atoms with van der Waals surface area (Å²) in [5, 5.41) is 0. The predicted octanol–water partition coefficient (Wildman–Crippen LogP) is 2.87. The lowest BCUT2D eigenvalue weighted by Gasteiger charge is -2.30. The Morgan fingerprint density at radius 2 is 2.22 bits per heavy atom. The van der Waals surface area contributed by atoms with Crippen molar-refractivity contribution in [3.8, 4) is 0 Å². The Hall–Kier alpha value is -1.02. The van der Waals surface area contributed by atoms with Crippen LogP contribution in [0.1, 0.15) is 37.3 Å². The summed E-state index contributed by atoms with van der Waals surface area (Å²) < 4.78 is 0. The van der Waals surface area contributed by atoms with Crippen molar-refractivity contribution in [2.24, 2.45) is 11.7 Å². The fourth-order valence-electron chi connectivity index (χ4n) is 3.76. The van der Waals surface area contributed by atoms with Crippen LogP contribution in [0.5, 0.6) is 0 Å². The van der Waals surface area contributed by atoms with E-state index in [1.54, 1.807) is 0 Å². The lowest BCUT2D eigenvalue weighted by molar-refractivity contribution is 0.553. The summed E-state index contributed by atoms with van der Waals surface area (Å²) in [6.45, 7) is 5.59. The summed E-state index contributed by atoms with van der Waals surface area (Å²) >= 11 is 0. The second kappa shape index (κ2) is 4.58. The Bertz CT molecular complexity index is 439. The van der Waals surface area contributed by atoms with Gasteiger partial charge in [-0.15, -0.1) is 0 Å². The zero-order valence-electron chi connectivity index (χ0n) is 11.5. The van der Waals surface area contributed by atoms with Gasteiger partial charge < -0.3 is 10.6 Å². The van der Waals surface area contributed by atoms with E-state index in [1.165, 1.54) is 42.6 Å². The molecule has 2 aliphatic rings. The summed E-state index contributed by atoms with van der Waals surface area (Å²) in [4.78, 5) is 2.64. The lowest BCUT2D eigenvalue weighted by atomic mass is 10.0. The molecule has 98 valence electrons. The van der Waals surface area contributed by atoms with Crippen LogP contribution in [0.3, 0.4) is 0 Å². The molecule has 1 aromatic carbocycles. The number of nitrogens with zero attached hydrogens (tertiary/aromatic N) is 1. The van der Waals surface area contributed by atoms with Gasteiger partial charge in [-0.05, 0) is 62.6 Å². The van der Waals surface area contributed by atoms with Crippen molar-refractivity contribution in [1.29, 1.82) is 0 Å². The number of benzene rings is 1. The Kier molecular flexibility index (Phi) is 3.06. The highest BCUT2D eigenvalue weighted by atomic mass is 15.2. The topological polar surface area (TPSA) is 29.3 Å². The number of aryl methyl sites for hydroxylation is 1. The molecule has 0 spiro atoms. The minimum atomic E-state index is 0.248. The normalized spacial score (nSPS) is 27.8. The maximum absolute atomic E-state index is 5.87. The Labute approximate surface area is 110 Å². The molecule has 3 rings (SSSR count). The van der Waals surface area contributed by atoms with Gasteiger partial charge in [-0.25, -0.2) is 0 Å². The molecule has 2 heteroatoms. The van der Waals surface area contributed by atoms with Crippen LogP contribution in [-0.2, 0) is 6.42 Å². The van der Waals surface area contributed by atoms with Crippen molar-refractivity contribution in [1.82, 2.24) is 0 Å². The van der Waals surface area contributed by atoms with Gasteiger partial charge in [0.25, 0.3) is 0 Å². The Morgan fingerprint density at radius 3 is 2.78 bits per heavy atom. The molecule has 2 nitrogen and oxygen atoms in total. The van der Waals surface area contributed by atoms with Gasteiger partial charge >= 0.3 is 0 Å². The molecule has 2 N–H and O–H groups in total. The molecule has 1 aliphatic carbocycles. The maximum atomic E-state index is 5.87. The summed E-state index contributed by atoms with van der Waals surface area (Å²) in [5.74, 6) is 0.957. The van der Waals surface area contributed by atoms with Gasteiger partial charge in [0.1, 0.15) is 0 Å². The molecule has 2 bridgehead atoms. The SMILES string of the molecule is Cc1cc(CC(C)N)ccc1N1CC2CCC1C2. The van der Waals surface area contributed by atoms with E-state index < -0.39 is 0 Å². The molecule has 1 heterocycles. The van der Waals surface area contributed by atoms with Gasteiger partial charge in [-0.2, -0.15) is 0 Å². The Morgan fingerprint density at radius 1 is 1.39 bits per heavy atom. The van der Waals surface area contributed by atoms with Gasteiger partial charge in [-0.1, -0.05) is 12.1 Å². The molecule has 1 saturated carbocycles. The number of rotatable bonds is 3. The van der Waals surface area contributed by atoms with Crippen molar-refractivity contribution >= 4 is 5.69 Å². The summed E-state index contributed by atoms with van der Waals surface area (Å²) in [6.07, 6.45) is 5.24. The van der Waals surface area contributed by atoms with Crippen LogP contribution in [0.25, 0.3) is 0 Å². The average Bonchev–Trinajstić information content (AvgIpc) is 2.90. The molecular formula is C16H24N2. The third-order valence-electron chi connectivity index (χ3n) is 4.54. The molecule has 18 heavy (non-hydrogen) atoms. The summed E-state index contributed by atoms with van der Waals surface area (Å²) in [6, 6.07) is 7.96. The standard InChI is InChI=1S/C16H24N2/c1-11-7-13(8-12(2)17)4-6-16(11)18-10-14-3-5-15(18)9-14/h4,6-7,12,14-15H,3,5,8-10,17H2,1-2H3. The molecule has 3 atom stereocenters. The largest absolute Gasteiger partial charge is 0.368 e. The van der Waals surface area contributed by atoms with E-state index >= 15 is 0 Å². The van der Waals surface area contributed by atoms with E-state index in [0.29, 0.717) is 0 Å². The van der Waals surface area contributed by atoms with Crippen LogP contribution >= 0.6 is 0 Å². The van der Waals surface area contributed by atoms with E-state index in [2.05, 4.69) is 36.9 Å². The zero-order valence-corrected chi connectivity index (χ0v) is 11.5. The van der Waals surface area contributed by atoms with Gasteiger partial charge in [0, 0.05) is 24.3 Å². The molecular weight excluding hydrogens is 220 g/mol. The van der Waals surface area contributed by atoms with Crippen molar-refractivity contribution in [3.63, 3.8) is 0 Å². The quantitative estimate of drug-likeness (QED) is 0.886. The number of anilines is 1. The summed E-state index contributed by atoms with van der Waals surface area (Å²) in [5.41, 5.74) is 10.1. The van der Waals surface area contributed by atoms with Crippen LogP contribution in [0.2, 0.25) is 0 Å². The van der Waals surface area contributed by atoms with Crippen LogP contribution in [-0.4, -0.2) is 18.6 Å². The van der Waals surface area contributed by atoms with E-state index in [9.17, 15) is 0 Å². The second-order valence-electron chi connectivity index (χ2n) is 6.29. The fourth-order valence-corrected chi connectivity index (χ4v) is 3.76. The minimum Gasteiger partial charge on any atom is -0.368 e. The first-order chi connectivity index (χ1) is 8.63. The monoisotopic (exact) mass is 244 g/mol. The number of hydrogen-bond donors (Lipinski definition) is 1. The third-order valence-corrected chi connectivity index (χ3v) is 4.54. The molecule has 0 radical (unpaired) electrons. The molecule has 0 aromatic heterocycles. The highest BCUT2D eigenvalue weighted by Gasteiger charge is 2.38. The van der Waals surface area contributed by atoms with Gasteiger partial charge in [0.2, 0.25) is 0 Å². The fraction of sp³-hybridized carbons (Fsp3) is 0.625. The van der Waals surface area contributed by atoms with E-state index in [4.69, 9.17) is 5.73 Å². The van der Waals surface area contributed by atoms with Crippen molar-refractivity contribution in [2.75, 3.05) is 11.4 Å². The van der Waals surface area contributed by atoms with Crippen LogP contribution in [0.15, 0.2) is 18.2 Å². The molecule has 1 saturated heterocycles. The third kappa shape index (κ3) is 2.14. The molecule has 2 fully saturated rings. The first kappa shape index (κ1) is 12.0. The van der Waals surface area contributed by atoms with Gasteiger partial charge in [0.05, 0.1) is 0 Å². The maximum Gasteiger partial charge on any atom is 0.0398 e. The lowest BCUT2D eigenvalue weighted by Crippen LogP contribution is -2.32. The van der Waals surface area contributed by atoms with Crippen LogP contribution in [0.4, 0.5) is 5.69 Å². The highest BCUT2D eigenvalue weighted by molar-refractivity contribution is 5.56. The van der Waals surface area contributed by atoms with Crippen LogP contribution in [0, 0.1) is 12.8 Å².